The monoisotopic (exact) mass is 1130 g/mol. The van der Waals surface area contributed by atoms with Gasteiger partial charge in [-0.1, -0.05) is 328 Å². The molecule has 4 aromatic rings. The SMILES string of the molecule is CC.CC(C)(C)C.Cc1c(C(C)C)cc(C(C)C)cc1C(C)C.Cc1c(C(C)C)cccc1C(C)C.Cc1cc(C)c(C)c(C)c1.Cc1ccc(C(C)(C)C)cc1C(C)(C)C.[2H]C(C)(C)C.[2H]C([2H])(C)C(C)(C)C.[2H]C([2H])(C)C(C)C.[2H]C([2H])([2H])C([2H])(C)C([2H])([2H])C. The summed E-state index contributed by atoms with van der Waals surface area (Å²) in [6.45, 7) is 82.3. The van der Waals surface area contributed by atoms with Crippen LogP contribution in [0.15, 0.2) is 60.7 Å². The highest BCUT2D eigenvalue weighted by Crippen LogP contribution is 2.33. The van der Waals surface area contributed by atoms with Crippen LogP contribution in [0.25, 0.3) is 0 Å². The van der Waals surface area contributed by atoms with E-state index in [1.807, 2.05) is 69.2 Å². The fraction of sp³-hybridized carbons (Fsp3) is 0.704. The smallest absolute Gasteiger partial charge is 0.0297 e. The summed E-state index contributed by atoms with van der Waals surface area (Å²) in [6, 6.07) is 22.8. The Morgan fingerprint density at radius 3 is 0.975 bits per heavy atom. The van der Waals surface area contributed by atoms with Crippen LogP contribution in [0, 0.1) is 77.0 Å². The predicted octanol–water partition coefficient (Wildman–Crippen LogP) is 28.4. The van der Waals surface area contributed by atoms with Crippen molar-refractivity contribution in [2.75, 3.05) is 0 Å². The first kappa shape index (κ1) is 67.0. The van der Waals surface area contributed by atoms with E-state index in [4.69, 9.17) is 15.1 Å². The lowest BCUT2D eigenvalue weighted by molar-refractivity contribution is 0.398. The highest BCUT2D eigenvalue weighted by Gasteiger charge is 2.21. The molecule has 81 heavy (non-hydrogen) atoms. The number of rotatable bonds is 7. The fourth-order valence-corrected chi connectivity index (χ4v) is 7.39. The minimum atomic E-state index is -2.58. The van der Waals surface area contributed by atoms with Crippen molar-refractivity contribution in [2.24, 2.45) is 28.5 Å². The van der Waals surface area contributed by atoms with E-state index in [0.29, 0.717) is 35.0 Å². The lowest BCUT2D eigenvalue weighted by Gasteiger charge is -2.26. The van der Waals surface area contributed by atoms with E-state index in [-0.39, 0.29) is 28.1 Å². The van der Waals surface area contributed by atoms with Gasteiger partial charge in [0, 0.05) is 15.1 Å². The van der Waals surface area contributed by atoms with Crippen LogP contribution in [0.1, 0.15) is 384 Å². The molecule has 0 aliphatic rings. The van der Waals surface area contributed by atoms with Gasteiger partial charge < -0.3 is 0 Å². The summed E-state index contributed by atoms with van der Waals surface area (Å²) >= 11 is 0. The number of aryl methyl sites for hydroxylation is 4. The van der Waals surface area contributed by atoms with Gasteiger partial charge in [0.25, 0.3) is 0 Å². The first-order valence-corrected chi connectivity index (χ1v) is 31.2. The number of hydrogen-bond donors (Lipinski definition) is 0. The van der Waals surface area contributed by atoms with E-state index in [0.717, 1.165) is 13.8 Å². The van der Waals surface area contributed by atoms with Gasteiger partial charge in [-0.05, 0) is 190 Å². The Kier molecular flexibility index (Phi) is 36.7. The second kappa shape index (κ2) is 44.4. The average molecular weight is 1140 g/mol. The highest BCUT2D eigenvalue weighted by molar-refractivity contribution is 5.43. The topological polar surface area (TPSA) is 0 Å². The van der Waals surface area contributed by atoms with Crippen LogP contribution in [0.2, 0.25) is 0 Å². The Morgan fingerprint density at radius 2 is 0.753 bits per heavy atom. The summed E-state index contributed by atoms with van der Waals surface area (Å²) in [5.74, 6) is 0.980. The molecule has 1 unspecified atom stereocenters. The van der Waals surface area contributed by atoms with Gasteiger partial charge in [0.1, 0.15) is 0 Å². The van der Waals surface area contributed by atoms with Crippen LogP contribution >= 0.6 is 0 Å². The molecular weight excluding hydrogens is 973 g/mol. The van der Waals surface area contributed by atoms with Crippen molar-refractivity contribution in [3.05, 3.63) is 139 Å². The lowest BCUT2D eigenvalue weighted by Crippen LogP contribution is -2.17. The molecule has 0 spiro atoms. The minimum Gasteiger partial charge on any atom is -0.0683 e. The van der Waals surface area contributed by atoms with E-state index >= 15 is 0 Å². The van der Waals surface area contributed by atoms with Crippen LogP contribution in [-0.2, 0) is 10.8 Å². The normalized spacial score (nSPS) is 14.7. The minimum absolute atomic E-state index is 0.132. The summed E-state index contributed by atoms with van der Waals surface area (Å²) in [7, 11) is 0. The van der Waals surface area contributed by atoms with E-state index in [9.17, 15) is 0 Å². The molecule has 0 fully saturated rings. The largest absolute Gasteiger partial charge is 0.0683 e. The molecule has 0 saturated carbocycles. The first-order valence-electron chi connectivity index (χ1n) is 36.7. The number of benzene rings is 4. The van der Waals surface area contributed by atoms with Gasteiger partial charge in [-0.15, -0.1) is 0 Å². The summed E-state index contributed by atoms with van der Waals surface area (Å²) in [5, 5.41) is 0. The molecule has 0 amide bonds. The second-order valence-corrected chi connectivity index (χ2v) is 29.0. The zero-order chi connectivity index (χ0) is 75.6. The second-order valence-electron chi connectivity index (χ2n) is 29.0. The third kappa shape index (κ3) is 47.9. The molecule has 4 rings (SSSR count). The third-order valence-corrected chi connectivity index (χ3v) is 12.8. The maximum absolute atomic E-state index is 7.29. The molecule has 0 radical (unpaired) electrons. The molecule has 0 bridgehead atoms. The van der Waals surface area contributed by atoms with Gasteiger partial charge in [0.05, 0.1) is 0 Å². The Balaban J connectivity index is -0.000000231. The maximum Gasteiger partial charge on any atom is 0.0297 e. The average Bonchev–Trinajstić information content (AvgIpc) is 3.31. The Morgan fingerprint density at radius 1 is 0.432 bits per heavy atom. The van der Waals surface area contributed by atoms with Crippen molar-refractivity contribution in [3.63, 3.8) is 0 Å². The summed E-state index contributed by atoms with van der Waals surface area (Å²) in [5.41, 5.74) is 21.1. The van der Waals surface area contributed by atoms with E-state index in [1.165, 1.54) is 77.9 Å². The van der Waals surface area contributed by atoms with Crippen molar-refractivity contribution in [1.29, 1.82) is 0 Å². The quantitative estimate of drug-likeness (QED) is 0.173. The summed E-state index contributed by atoms with van der Waals surface area (Å²) in [4.78, 5) is 0. The summed E-state index contributed by atoms with van der Waals surface area (Å²) in [6.07, 6.45) is -4.08. The van der Waals surface area contributed by atoms with Gasteiger partial charge in [0.2, 0.25) is 0 Å². The van der Waals surface area contributed by atoms with Crippen LogP contribution < -0.4 is 0 Å². The molecule has 4 aromatic carbocycles. The molecule has 0 nitrogen and oxygen atoms in total. The molecule has 1 atom stereocenters. The van der Waals surface area contributed by atoms with Gasteiger partial charge in [0.15, 0.2) is 0 Å². The van der Waals surface area contributed by atoms with Gasteiger partial charge >= 0.3 is 0 Å². The van der Waals surface area contributed by atoms with Crippen LogP contribution in [0.5, 0.6) is 0 Å². The zero-order valence-electron chi connectivity index (χ0n) is 73.2. The van der Waals surface area contributed by atoms with Gasteiger partial charge in [-0.25, -0.2) is 0 Å². The predicted molar refractivity (Wildman–Crippen MR) is 384 cm³/mol. The van der Waals surface area contributed by atoms with Crippen molar-refractivity contribution >= 4 is 0 Å². The third-order valence-electron chi connectivity index (χ3n) is 12.8. The Labute approximate surface area is 530 Å². The van der Waals surface area contributed by atoms with Crippen molar-refractivity contribution < 1.29 is 15.1 Å². The van der Waals surface area contributed by atoms with Crippen molar-refractivity contribution in [2.45, 2.75) is 350 Å². The summed E-state index contributed by atoms with van der Waals surface area (Å²) < 4.78 is 77.7. The van der Waals surface area contributed by atoms with Gasteiger partial charge in [-0.3, -0.25) is 0 Å². The van der Waals surface area contributed by atoms with Crippen LogP contribution in [0.3, 0.4) is 0 Å². The van der Waals surface area contributed by atoms with Gasteiger partial charge in [-0.2, -0.15) is 0 Å². The first-order chi connectivity index (χ1) is 40.3. The molecule has 0 heterocycles. The van der Waals surface area contributed by atoms with Crippen molar-refractivity contribution in [3.8, 4) is 0 Å². The maximum atomic E-state index is 7.29. The lowest BCUT2D eigenvalue weighted by atomic mass is 9.79. The number of hydrogen-bond acceptors (Lipinski definition) is 0. The molecule has 0 N–H and O–H groups in total. The van der Waals surface area contributed by atoms with Crippen LogP contribution in [-0.4, -0.2) is 0 Å². The van der Waals surface area contributed by atoms with E-state index in [2.05, 4.69) is 248 Å². The molecule has 0 aliphatic carbocycles. The zero-order valence-corrected chi connectivity index (χ0v) is 62.2. The molecular formula is C81H150. The molecule has 0 aliphatic heterocycles. The standard InChI is InChI=1S/C16H26.C15H24.C13H20.C10H14.C6H14.3C5H12.C4H10.C2H6/c1-10(2)14-8-15(11(3)4)13(7)16(9-14)12(5)6;1-11-8-9-12(14(2,3)4)10-13(11)15(5,6)7;1-9(2)12-7-6-8-13(10(3)4)11(12)5;1-7-5-8(2)10(4)9(3)6-7;1-5-6(2,3)4;1-5(2,3)4;2*1-4-5(2)3;1-4(2)3;1-2/h8-12H,1-7H3;8-10H,1-7H3;6-10H,1-5H3;5-6H,1-4H3;5H2,1-4H3;1-4H3;2*5H,4H2,1-3H3;4H,1-3H3;1-2H3/i;;;;5D2;;2D3,4D2,5D;4D2;4D;. The molecule has 0 saturated heterocycles. The van der Waals surface area contributed by atoms with Crippen LogP contribution in [0.4, 0.5) is 0 Å². The highest BCUT2D eigenvalue weighted by atomic mass is 14.3. The Hall–Kier alpha value is -3.12. The van der Waals surface area contributed by atoms with Crippen molar-refractivity contribution in [1.82, 2.24) is 0 Å². The van der Waals surface area contributed by atoms with E-state index in [1.54, 1.807) is 13.8 Å². The van der Waals surface area contributed by atoms with E-state index < -0.39 is 31.9 Å². The molecule has 0 heteroatoms. The Bertz CT molecular complexity index is 2490. The molecule has 474 valence electrons. The fourth-order valence-electron chi connectivity index (χ4n) is 7.39. The molecule has 0 aromatic heterocycles.